The first-order chi connectivity index (χ1) is 29.5. The molecule has 0 radical (unpaired) electrons. The third kappa shape index (κ3) is 7.45. The van der Waals surface area contributed by atoms with Crippen LogP contribution in [0, 0.1) is 11.8 Å². The molecule has 5 aromatic carbocycles. The van der Waals surface area contributed by atoms with Crippen LogP contribution >= 0.6 is 31.7 Å². The van der Waals surface area contributed by atoms with Crippen molar-refractivity contribution in [2.75, 3.05) is 6.16 Å². The van der Waals surface area contributed by atoms with Gasteiger partial charge in [-0.05, 0) is 177 Å². The van der Waals surface area contributed by atoms with Crippen LogP contribution in [0.4, 0.5) is 0 Å². The van der Waals surface area contributed by atoms with Crippen molar-refractivity contribution in [2.45, 2.75) is 132 Å². The molecular weight excluding hydrogens is 801 g/mol. The summed E-state index contributed by atoms with van der Waals surface area (Å²) in [5.74, 6) is 1.32. The minimum absolute atomic E-state index is 0.250. The van der Waals surface area contributed by atoms with Gasteiger partial charge in [0.05, 0.1) is 21.9 Å². The number of fused-ring (bicyclic) bond motifs is 2. The molecule has 0 aliphatic carbocycles. The highest BCUT2D eigenvalue weighted by Crippen LogP contribution is 2.75. The molecule has 6 heteroatoms. The SMILES string of the molecule is CC[C@@H]1CC[C@@H](CC)P1c1nc2ccccc2nc1P1CCC(C2C[C@@H](c3ccccc3)P(c3cc4ccccc4cc3P3[C@H](C)CC[C@H]3C)[C@@H]2c2ccccc2)[C@H]1CC. The molecule has 0 spiro atoms. The molecule has 4 saturated heterocycles. The molecule has 4 aliphatic rings. The Balaban J connectivity index is 1.13. The molecule has 2 nitrogen and oxygen atoms in total. The van der Waals surface area contributed by atoms with Crippen LogP contribution in [0.2, 0.25) is 0 Å². The first-order valence-electron chi connectivity index (χ1n) is 23.5. The van der Waals surface area contributed by atoms with Crippen molar-refractivity contribution in [1.82, 2.24) is 9.97 Å². The summed E-state index contributed by atoms with van der Waals surface area (Å²) >= 11 is 0. The molecule has 60 heavy (non-hydrogen) atoms. The van der Waals surface area contributed by atoms with E-state index in [1.54, 1.807) is 21.7 Å². The van der Waals surface area contributed by atoms with E-state index in [9.17, 15) is 0 Å². The Hall–Kier alpha value is -2.58. The van der Waals surface area contributed by atoms with Crippen LogP contribution in [0.3, 0.4) is 0 Å². The van der Waals surface area contributed by atoms with Crippen molar-refractivity contribution in [2.24, 2.45) is 11.8 Å². The van der Waals surface area contributed by atoms with Crippen molar-refractivity contribution in [1.29, 1.82) is 0 Å². The second-order valence-corrected chi connectivity index (χ2v) is 29.3. The van der Waals surface area contributed by atoms with Crippen LogP contribution < -0.4 is 21.5 Å². The van der Waals surface area contributed by atoms with Gasteiger partial charge < -0.3 is 0 Å². The molecular formula is C54H64N2P4. The molecule has 10 rings (SSSR count). The molecule has 4 unspecified atom stereocenters. The van der Waals surface area contributed by atoms with E-state index < -0.39 is 15.8 Å². The predicted molar refractivity (Wildman–Crippen MR) is 269 cm³/mol. The molecule has 1 aromatic heterocycles. The summed E-state index contributed by atoms with van der Waals surface area (Å²) in [6.45, 7) is 12.6. The zero-order valence-corrected chi connectivity index (χ0v) is 40.1. The van der Waals surface area contributed by atoms with Crippen LogP contribution in [0.5, 0.6) is 0 Å². The van der Waals surface area contributed by atoms with Crippen LogP contribution in [0.25, 0.3) is 21.8 Å². The molecule has 5 heterocycles. The summed E-state index contributed by atoms with van der Waals surface area (Å²) in [7, 11) is -1.59. The van der Waals surface area contributed by atoms with Crippen molar-refractivity contribution in [3.63, 3.8) is 0 Å². The van der Waals surface area contributed by atoms with Crippen LogP contribution in [0.1, 0.15) is 115 Å². The van der Waals surface area contributed by atoms with E-state index in [0.717, 1.165) is 33.7 Å². The highest BCUT2D eigenvalue weighted by Gasteiger charge is 2.53. The second-order valence-electron chi connectivity index (χ2n) is 18.5. The summed E-state index contributed by atoms with van der Waals surface area (Å²) in [5, 5.41) is 6.36. The Kier molecular flexibility index (Phi) is 12.4. The number of hydrogen-bond donors (Lipinski definition) is 0. The van der Waals surface area contributed by atoms with Gasteiger partial charge in [0.2, 0.25) is 0 Å². The molecule has 0 bridgehead atoms. The molecule has 11 atom stereocenters. The maximum atomic E-state index is 5.79. The fraction of sp³-hybridized carbons (Fsp3) is 0.444. The first-order valence-corrected chi connectivity index (χ1v) is 29.5. The van der Waals surface area contributed by atoms with Crippen molar-refractivity contribution >= 4 is 75.0 Å². The van der Waals surface area contributed by atoms with Crippen LogP contribution in [-0.2, 0) is 0 Å². The largest absolute Gasteiger partial charge is 0.244 e. The molecule has 6 aromatic rings. The van der Waals surface area contributed by atoms with E-state index in [4.69, 9.17) is 9.97 Å². The lowest BCUT2D eigenvalue weighted by atomic mass is 9.79. The maximum Gasteiger partial charge on any atom is 0.0902 e. The zero-order valence-electron chi connectivity index (χ0n) is 36.5. The minimum atomic E-state index is -0.571. The predicted octanol–water partition coefficient (Wildman–Crippen LogP) is 14.1. The Morgan fingerprint density at radius 2 is 1.05 bits per heavy atom. The Labute approximate surface area is 365 Å². The van der Waals surface area contributed by atoms with Gasteiger partial charge in [0.25, 0.3) is 0 Å². The van der Waals surface area contributed by atoms with E-state index in [2.05, 4.69) is 156 Å². The van der Waals surface area contributed by atoms with Gasteiger partial charge in [-0.1, -0.05) is 148 Å². The van der Waals surface area contributed by atoms with E-state index in [-0.39, 0.29) is 15.8 Å². The topological polar surface area (TPSA) is 25.8 Å². The minimum Gasteiger partial charge on any atom is -0.244 e. The number of nitrogens with zero attached hydrogens (tertiary/aromatic N) is 2. The van der Waals surface area contributed by atoms with Gasteiger partial charge in [0.15, 0.2) is 0 Å². The van der Waals surface area contributed by atoms with Gasteiger partial charge in [-0.2, -0.15) is 0 Å². The summed E-state index contributed by atoms with van der Waals surface area (Å²) in [6.07, 6.45) is 13.2. The number of hydrogen-bond acceptors (Lipinski definition) is 2. The van der Waals surface area contributed by atoms with Crippen LogP contribution in [-0.4, -0.2) is 44.4 Å². The van der Waals surface area contributed by atoms with E-state index in [0.29, 0.717) is 28.8 Å². The van der Waals surface area contributed by atoms with Gasteiger partial charge in [0.1, 0.15) is 0 Å². The van der Waals surface area contributed by atoms with Crippen LogP contribution in [0.15, 0.2) is 121 Å². The second kappa shape index (κ2) is 17.9. The average molecular weight is 865 g/mol. The lowest BCUT2D eigenvalue weighted by molar-refractivity contribution is 0.309. The number of rotatable bonds is 10. The van der Waals surface area contributed by atoms with E-state index >= 15 is 0 Å². The summed E-state index contributed by atoms with van der Waals surface area (Å²) in [5.41, 5.74) is 13.2. The summed E-state index contributed by atoms with van der Waals surface area (Å²) in [6, 6.07) is 47.4. The van der Waals surface area contributed by atoms with Gasteiger partial charge in [0, 0.05) is 11.3 Å². The third-order valence-corrected chi connectivity index (χ3v) is 29.2. The molecule has 4 aliphatic heterocycles. The Morgan fingerprint density at radius 1 is 0.517 bits per heavy atom. The Morgan fingerprint density at radius 3 is 1.63 bits per heavy atom. The highest BCUT2D eigenvalue weighted by molar-refractivity contribution is 7.74. The smallest absolute Gasteiger partial charge is 0.0902 e. The normalized spacial score (nSPS) is 31.2. The van der Waals surface area contributed by atoms with Crippen molar-refractivity contribution < 1.29 is 0 Å². The molecule has 4 fully saturated rings. The molecule has 0 N–H and O–H groups in total. The maximum absolute atomic E-state index is 5.79. The van der Waals surface area contributed by atoms with Crippen molar-refractivity contribution in [3.05, 3.63) is 132 Å². The summed E-state index contributed by atoms with van der Waals surface area (Å²) in [4.78, 5) is 11.5. The molecule has 310 valence electrons. The first kappa shape index (κ1) is 41.4. The van der Waals surface area contributed by atoms with Gasteiger partial charge in [-0.3, -0.25) is 0 Å². The average Bonchev–Trinajstić information content (AvgIpc) is 4.09. The van der Waals surface area contributed by atoms with Gasteiger partial charge in [-0.15, -0.1) is 0 Å². The highest BCUT2D eigenvalue weighted by atomic mass is 31.1. The van der Waals surface area contributed by atoms with Gasteiger partial charge in [-0.25, -0.2) is 9.97 Å². The lowest BCUT2D eigenvalue weighted by Crippen LogP contribution is -2.35. The fourth-order valence-corrected chi connectivity index (χ4v) is 27.8. The van der Waals surface area contributed by atoms with Crippen molar-refractivity contribution in [3.8, 4) is 0 Å². The quantitative estimate of drug-likeness (QED) is 0.128. The van der Waals surface area contributed by atoms with Gasteiger partial charge >= 0.3 is 0 Å². The number of para-hydroxylation sites is 2. The monoisotopic (exact) mass is 864 g/mol. The van der Waals surface area contributed by atoms with E-state index in [1.807, 2.05) is 0 Å². The molecule has 0 amide bonds. The number of benzene rings is 5. The lowest BCUT2D eigenvalue weighted by Gasteiger charge is -2.36. The zero-order chi connectivity index (χ0) is 40.9. The summed E-state index contributed by atoms with van der Waals surface area (Å²) < 4.78 is 0. The van der Waals surface area contributed by atoms with E-state index in [1.165, 1.54) is 85.6 Å². The number of aromatic nitrogens is 2. The third-order valence-electron chi connectivity index (χ3n) is 15.4. The Bertz CT molecular complexity index is 2400. The fourth-order valence-electron chi connectivity index (χ4n) is 12.6. The molecule has 0 saturated carbocycles. The standard InChI is InChI=1S/C54H64N2P4/c1-6-42-29-30-43(7-2)59(42)54-53(55-46-25-17-18-26-47(46)56-54)57-32-31-44(48(57)8-3)45-35-49(38-19-11-9-12-20-38)60(52(45)39-21-13-10-14-22-39)51-34-41-24-16-15-23-40(41)33-50(51)58-36(4)27-28-37(58)5/h9-26,33-34,36-37,42-45,48-49,52H,6-8,27-32,35H2,1-5H3/t36-,37-,42-,43-,44?,45?,48-,49+,52-,57?,60?/m1/s1.